The van der Waals surface area contributed by atoms with Crippen LogP contribution in [0.5, 0.6) is 5.75 Å². The highest BCUT2D eigenvalue weighted by Crippen LogP contribution is 2.22. The minimum absolute atomic E-state index is 0.0320. The van der Waals surface area contributed by atoms with Gasteiger partial charge < -0.3 is 15.8 Å². The number of aryl methyl sites for hydroxylation is 1. The number of hydrogen-bond donors (Lipinski definition) is 2. The minimum atomic E-state index is 0.0320. The van der Waals surface area contributed by atoms with Crippen molar-refractivity contribution in [1.82, 2.24) is 9.97 Å². The van der Waals surface area contributed by atoms with Crippen molar-refractivity contribution in [1.29, 1.82) is 0 Å². The van der Waals surface area contributed by atoms with Crippen molar-refractivity contribution < 1.29 is 4.74 Å². The van der Waals surface area contributed by atoms with Gasteiger partial charge in [0.05, 0.1) is 6.04 Å². The Hall–Kier alpha value is -2.01. The molecule has 0 fully saturated rings. The number of nitrogens with zero attached hydrogens (tertiary/aromatic N) is 2. The number of nitrogen functional groups attached to an aromatic ring is 1. The van der Waals surface area contributed by atoms with Crippen molar-refractivity contribution in [2.24, 2.45) is 0 Å². The Bertz CT molecular complexity index is 574. The standard InChI is InChI=1S/C14H17ClN4O/c1-9-3-5-11(6-4-9)20-7-10(2)19-14-12(16)13(15)17-8-18-14/h3-6,8,10H,7,16H2,1-2H3,(H,17,18,19). The number of rotatable bonds is 5. The largest absolute Gasteiger partial charge is 0.491 e. The maximum absolute atomic E-state index is 5.84. The predicted molar refractivity (Wildman–Crippen MR) is 81.2 cm³/mol. The summed E-state index contributed by atoms with van der Waals surface area (Å²) in [5, 5.41) is 3.39. The van der Waals surface area contributed by atoms with Gasteiger partial charge in [0.2, 0.25) is 0 Å². The molecule has 1 unspecified atom stereocenters. The van der Waals surface area contributed by atoms with Crippen molar-refractivity contribution >= 4 is 23.1 Å². The molecule has 0 radical (unpaired) electrons. The quantitative estimate of drug-likeness (QED) is 0.829. The van der Waals surface area contributed by atoms with E-state index in [9.17, 15) is 0 Å². The summed E-state index contributed by atoms with van der Waals surface area (Å²) in [7, 11) is 0. The van der Waals surface area contributed by atoms with Crippen LogP contribution in [0.15, 0.2) is 30.6 Å². The summed E-state index contributed by atoms with van der Waals surface area (Å²) in [6.45, 7) is 4.50. The molecule has 6 heteroatoms. The van der Waals surface area contributed by atoms with E-state index >= 15 is 0 Å². The van der Waals surface area contributed by atoms with E-state index in [0.29, 0.717) is 18.1 Å². The van der Waals surface area contributed by atoms with Crippen molar-refractivity contribution in [3.8, 4) is 5.75 Å². The molecule has 0 spiro atoms. The van der Waals surface area contributed by atoms with Gasteiger partial charge in [-0.1, -0.05) is 29.3 Å². The molecule has 0 saturated heterocycles. The number of anilines is 2. The maximum Gasteiger partial charge on any atom is 0.157 e. The lowest BCUT2D eigenvalue weighted by Crippen LogP contribution is -2.24. The molecule has 0 amide bonds. The van der Waals surface area contributed by atoms with Gasteiger partial charge in [0, 0.05) is 0 Å². The number of nitrogens with one attached hydrogen (secondary N) is 1. The summed E-state index contributed by atoms with van der Waals surface area (Å²) in [4.78, 5) is 7.86. The van der Waals surface area contributed by atoms with Gasteiger partial charge in [-0.15, -0.1) is 0 Å². The van der Waals surface area contributed by atoms with Gasteiger partial charge in [-0.3, -0.25) is 0 Å². The van der Waals surface area contributed by atoms with E-state index in [1.807, 2.05) is 38.1 Å². The molecule has 0 aliphatic heterocycles. The smallest absolute Gasteiger partial charge is 0.157 e. The summed E-state index contributed by atoms with van der Waals surface area (Å²) in [5.74, 6) is 1.35. The second kappa shape index (κ2) is 6.43. The number of ether oxygens (including phenoxy) is 1. The molecule has 20 heavy (non-hydrogen) atoms. The number of aromatic nitrogens is 2. The third-order valence-corrected chi connectivity index (χ3v) is 3.04. The fraction of sp³-hybridized carbons (Fsp3) is 0.286. The number of hydrogen-bond acceptors (Lipinski definition) is 5. The van der Waals surface area contributed by atoms with Gasteiger partial charge in [-0.2, -0.15) is 0 Å². The molecular formula is C14H17ClN4O. The first-order valence-electron chi connectivity index (χ1n) is 6.28. The molecule has 5 nitrogen and oxygen atoms in total. The van der Waals surface area contributed by atoms with E-state index < -0.39 is 0 Å². The van der Waals surface area contributed by atoms with Gasteiger partial charge in [-0.25, -0.2) is 9.97 Å². The zero-order chi connectivity index (χ0) is 14.5. The molecule has 0 aliphatic carbocycles. The van der Waals surface area contributed by atoms with E-state index in [0.717, 1.165) is 5.75 Å². The Morgan fingerprint density at radius 1 is 1.30 bits per heavy atom. The third-order valence-electron chi connectivity index (χ3n) is 2.74. The van der Waals surface area contributed by atoms with Crippen LogP contribution >= 0.6 is 11.6 Å². The van der Waals surface area contributed by atoms with Gasteiger partial charge >= 0.3 is 0 Å². The van der Waals surface area contributed by atoms with Crippen molar-refractivity contribution in [3.05, 3.63) is 41.3 Å². The average molecular weight is 293 g/mol. The van der Waals surface area contributed by atoms with Crippen molar-refractivity contribution in [2.45, 2.75) is 19.9 Å². The lowest BCUT2D eigenvalue weighted by molar-refractivity contribution is 0.303. The van der Waals surface area contributed by atoms with Gasteiger partial charge in [-0.05, 0) is 26.0 Å². The average Bonchev–Trinajstić information content (AvgIpc) is 2.43. The first-order chi connectivity index (χ1) is 9.56. The topological polar surface area (TPSA) is 73.1 Å². The molecule has 0 saturated carbocycles. The Labute approximate surface area is 123 Å². The van der Waals surface area contributed by atoms with Crippen LogP contribution < -0.4 is 15.8 Å². The highest BCUT2D eigenvalue weighted by molar-refractivity contribution is 6.32. The van der Waals surface area contributed by atoms with Crippen LogP contribution in [0.4, 0.5) is 11.5 Å². The summed E-state index contributed by atoms with van der Waals surface area (Å²) in [6, 6.07) is 7.94. The molecule has 1 aromatic carbocycles. The minimum Gasteiger partial charge on any atom is -0.491 e. The second-order valence-electron chi connectivity index (χ2n) is 4.60. The van der Waals surface area contributed by atoms with Crippen LogP contribution in [0, 0.1) is 6.92 Å². The highest BCUT2D eigenvalue weighted by Gasteiger charge is 2.09. The molecule has 1 heterocycles. The Morgan fingerprint density at radius 3 is 2.70 bits per heavy atom. The number of benzene rings is 1. The van der Waals surface area contributed by atoms with Crippen LogP contribution in [0.1, 0.15) is 12.5 Å². The Morgan fingerprint density at radius 2 is 2.00 bits per heavy atom. The Balaban J connectivity index is 1.91. The predicted octanol–water partition coefficient (Wildman–Crippen LogP) is 2.90. The lowest BCUT2D eigenvalue weighted by Gasteiger charge is -2.16. The third kappa shape index (κ3) is 3.74. The van der Waals surface area contributed by atoms with E-state index in [1.54, 1.807) is 0 Å². The first kappa shape index (κ1) is 14.4. The van der Waals surface area contributed by atoms with Crippen LogP contribution in [0.3, 0.4) is 0 Å². The van der Waals surface area contributed by atoms with Crippen LogP contribution in [-0.4, -0.2) is 22.6 Å². The number of halogens is 1. The van der Waals surface area contributed by atoms with Gasteiger partial charge in [0.1, 0.15) is 24.4 Å². The molecule has 2 rings (SSSR count). The van der Waals surface area contributed by atoms with Gasteiger partial charge in [0.25, 0.3) is 0 Å². The second-order valence-corrected chi connectivity index (χ2v) is 4.95. The highest BCUT2D eigenvalue weighted by atomic mass is 35.5. The maximum atomic E-state index is 5.84. The summed E-state index contributed by atoms with van der Waals surface area (Å²) >= 11 is 5.84. The van der Waals surface area contributed by atoms with Crippen LogP contribution in [0.25, 0.3) is 0 Å². The Kier molecular flexibility index (Phi) is 4.63. The molecule has 0 aliphatic rings. The molecular weight excluding hydrogens is 276 g/mol. The summed E-state index contributed by atoms with van der Waals surface area (Å²) in [6.07, 6.45) is 1.37. The van der Waals surface area contributed by atoms with Gasteiger partial charge in [0.15, 0.2) is 11.0 Å². The summed E-state index contributed by atoms with van der Waals surface area (Å²) in [5.41, 5.74) is 7.34. The van der Waals surface area contributed by atoms with Crippen molar-refractivity contribution in [3.63, 3.8) is 0 Å². The van der Waals surface area contributed by atoms with Crippen LogP contribution in [0.2, 0.25) is 5.15 Å². The SMILES string of the molecule is Cc1ccc(OCC(C)Nc2ncnc(Cl)c2N)cc1. The molecule has 1 aromatic heterocycles. The van der Waals surface area contributed by atoms with Crippen molar-refractivity contribution in [2.75, 3.05) is 17.7 Å². The van der Waals surface area contributed by atoms with E-state index in [-0.39, 0.29) is 11.2 Å². The van der Waals surface area contributed by atoms with Crippen LogP contribution in [-0.2, 0) is 0 Å². The van der Waals surface area contributed by atoms with E-state index in [4.69, 9.17) is 22.1 Å². The summed E-state index contributed by atoms with van der Waals surface area (Å²) < 4.78 is 5.69. The molecule has 3 N–H and O–H groups in total. The zero-order valence-electron chi connectivity index (χ0n) is 11.4. The molecule has 0 bridgehead atoms. The molecule has 2 aromatic rings. The zero-order valence-corrected chi connectivity index (χ0v) is 12.2. The fourth-order valence-corrected chi connectivity index (χ4v) is 1.75. The van der Waals surface area contributed by atoms with E-state index in [2.05, 4.69) is 15.3 Å². The molecule has 1 atom stereocenters. The lowest BCUT2D eigenvalue weighted by atomic mass is 10.2. The fourth-order valence-electron chi connectivity index (χ4n) is 1.62. The number of nitrogens with two attached hydrogens (primary N) is 1. The first-order valence-corrected chi connectivity index (χ1v) is 6.66. The normalized spacial score (nSPS) is 11.9. The molecule has 106 valence electrons. The van der Waals surface area contributed by atoms with E-state index in [1.165, 1.54) is 11.9 Å². The monoisotopic (exact) mass is 292 g/mol.